The fraction of sp³-hybridized carbons (Fsp3) is 0.526. The summed E-state index contributed by atoms with van der Waals surface area (Å²) in [5.41, 5.74) is 7.74. The summed E-state index contributed by atoms with van der Waals surface area (Å²) in [5.74, 6) is -0.452. The summed E-state index contributed by atoms with van der Waals surface area (Å²) >= 11 is 0. The zero-order valence-electron chi connectivity index (χ0n) is 14.8. The van der Waals surface area contributed by atoms with Crippen LogP contribution >= 0.6 is 0 Å². The summed E-state index contributed by atoms with van der Waals surface area (Å²) in [4.78, 5) is 30.4. The lowest BCUT2D eigenvalue weighted by atomic mass is 9.71. The van der Waals surface area contributed by atoms with Gasteiger partial charge in [0.05, 0.1) is 6.04 Å². The van der Waals surface area contributed by atoms with Gasteiger partial charge in [-0.3, -0.25) is 14.6 Å². The average Bonchev–Trinajstić information content (AvgIpc) is 3.08. The lowest BCUT2D eigenvalue weighted by Gasteiger charge is -2.48. The van der Waals surface area contributed by atoms with Crippen molar-refractivity contribution in [2.75, 3.05) is 25.5 Å². The average molecular weight is 341 g/mol. The first kappa shape index (κ1) is 16.4. The maximum absolute atomic E-state index is 12.8. The Balaban J connectivity index is 1.65. The number of carbonyl (C=O) groups excluding carboxylic acids is 2. The highest BCUT2D eigenvalue weighted by Crippen LogP contribution is 2.45. The number of amides is 3. The van der Waals surface area contributed by atoms with Crippen LogP contribution in [0.4, 0.5) is 10.5 Å². The number of primary amides is 1. The number of hydrogen-bond donors (Lipinski definition) is 1. The fourth-order valence-electron chi connectivity index (χ4n) is 4.60. The van der Waals surface area contributed by atoms with Crippen LogP contribution in [-0.2, 0) is 10.3 Å². The van der Waals surface area contributed by atoms with Gasteiger partial charge in [-0.15, -0.1) is 0 Å². The predicted molar refractivity (Wildman–Crippen MR) is 95.9 cm³/mol. The minimum absolute atomic E-state index is 0.102. The Morgan fingerprint density at radius 3 is 2.44 bits per heavy atom. The Hall–Kier alpha value is -2.08. The molecular formula is C19H25N4O2. The number of nitrogens with two attached hydrogens (primary N) is 1. The van der Waals surface area contributed by atoms with E-state index in [1.54, 1.807) is 9.80 Å². The Labute approximate surface area is 148 Å². The van der Waals surface area contributed by atoms with Crippen LogP contribution in [0.2, 0.25) is 0 Å². The molecule has 2 heterocycles. The first-order valence-electron chi connectivity index (χ1n) is 8.96. The molecule has 4 rings (SSSR count). The molecule has 3 aliphatic rings. The second kappa shape index (κ2) is 5.73. The van der Waals surface area contributed by atoms with Crippen LogP contribution in [-0.4, -0.2) is 54.5 Å². The molecule has 1 aromatic rings. The monoisotopic (exact) mass is 341 g/mol. The van der Waals surface area contributed by atoms with Gasteiger partial charge < -0.3 is 10.6 Å². The molecule has 1 aromatic carbocycles. The lowest BCUT2D eigenvalue weighted by Crippen LogP contribution is -2.47. The third-order valence-electron chi connectivity index (χ3n) is 6.20. The molecule has 2 atom stereocenters. The highest BCUT2D eigenvalue weighted by atomic mass is 16.2. The number of urea groups is 1. The van der Waals surface area contributed by atoms with Gasteiger partial charge in [0, 0.05) is 17.8 Å². The van der Waals surface area contributed by atoms with Crippen LogP contribution in [0.15, 0.2) is 24.3 Å². The van der Waals surface area contributed by atoms with Gasteiger partial charge in [0.25, 0.3) is 0 Å². The van der Waals surface area contributed by atoms with Crippen molar-refractivity contribution in [2.45, 2.75) is 43.3 Å². The minimum Gasteiger partial charge on any atom is -0.368 e. The van der Waals surface area contributed by atoms with E-state index in [9.17, 15) is 9.59 Å². The number of benzene rings is 1. The summed E-state index contributed by atoms with van der Waals surface area (Å²) in [7, 11) is 4.23. The topological polar surface area (TPSA) is 69.9 Å². The van der Waals surface area contributed by atoms with Crippen LogP contribution in [0.3, 0.4) is 0 Å². The highest BCUT2D eigenvalue weighted by Gasteiger charge is 2.51. The van der Waals surface area contributed by atoms with Crippen molar-refractivity contribution in [1.82, 2.24) is 9.80 Å². The van der Waals surface area contributed by atoms with Gasteiger partial charge in [-0.25, -0.2) is 4.79 Å². The van der Waals surface area contributed by atoms with Crippen molar-refractivity contribution >= 4 is 17.6 Å². The van der Waals surface area contributed by atoms with E-state index in [0.717, 1.165) is 24.9 Å². The van der Waals surface area contributed by atoms with E-state index in [2.05, 4.69) is 31.1 Å². The van der Waals surface area contributed by atoms with Gasteiger partial charge in [-0.1, -0.05) is 12.1 Å². The van der Waals surface area contributed by atoms with Gasteiger partial charge >= 0.3 is 6.03 Å². The number of rotatable bonds is 4. The lowest BCUT2D eigenvalue weighted by molar-refractivity contribution is -0.119. The van der Waals surface area contributed by atoms with Crippen LogP contribution in [0.1, 0.15) is 31.2 Å². The molecule has 6 heteroatoms. The quantitative estimate of drug-likeness (QED) is 0.906. The Morgan fingerprint density at radius 1 is 1.24 bits per heavy atom. The second-order valence-corrected chi connectivity index (χ2v) is 7.53. The van der Waals surface area contributed by atoms with Gasteiger partial charge in [0.2, 0.25) is 5.91 Å². The predicted octanol–water partition coefficient (Wildman–Crippen LogP) is 1.70. The SMILES string of the molecule is CN(C)C1(c2ccc(N3C(=O)N4CC[CH][C@@H]4C3C(N)=O)cc2)CCC1. The van der Waals surface area contributed by atoms with Gasteiger partial charge in [-0.2, -0.15) is 0 Å². The molecule has 133 valence electrons. The van der Waals surface area contributed by atoms with Crippen LogP contribution in [0.5, 0.6) is 0 Å². The molecule has 3 fully saturated rings. The standard InChI is InChI=1S/C19H25N4O2/c1-21(2)19(10-4-11-19)13-6-8-14(9-7-13)23-16(17(20)24)15-5-3-12-22(15)18(23)25/h5-9,15-16H,3-4,10-12H2,1-2H3,(H2,20,24)/t15-,16?/m1/s1. The zero-order valence-corrected chi connectivity index (χ0v) is 14.8. The largest absolute Gasteiger partial charge is 0.368 e. The zero-order chi connectivity index (χ0) is 17.8. The minimum atomic E-state index is -0.618. The van der Waals surface area contributed by atoms with E-state index >= 15 is 0 Å². The van der Waals surface area contributed by atoms with Crippen LogP contribution < -0.4 is 10.6 Å². The molecule has 2 N–H and O–H groups in total. The van der Waals surface area contributed by atoms with E-state index in [0.29, 0.717) is 6.54 Å². The molecule has 1 radical (unpaired) electrons. The molecule has 6 nitrogen and oxygen atoms in total. The summed E-state index contributed by atoms with van der Waals surface area (Å²) in [6.45, 7) is 0.658. The number of fused-ring (bicyclic) bond motifs is 1. The molecular weight excluding hydrogens is 316 g/mol. The molecule has 0 bridgehead atoms. The van der Waals surface area contributed by atoms with Crippen LogP contribution in [0, 0.1) is 6.42 Å². The van der Waals surface area contributed by atoms with Crippen molar-refractivity contribution in [1.29, 1.82) is 0 Å². The number of carbonyl (C=O) groups is 2. The molecule has 3 amide bonds. The molecule has 2 aliphatic heterocycles. The maximum atomic E-state index is 12.8. The van der Waals surface area contributed by atoms with E-state index in [4.69, 9.17) is 5.73 Å². The van der Waals surface area contributed by atoms with Crippen molar-refractivity contribution in [3.8, 4) is 0 Å². The molecule has 25 heavy (non-hydrogen) atoms. The summed E-state index contributed by atoms with van der Waals surface area (Å²) < 4.78 is 0. The Morgan fingerprint density at radius 2 is 1.92 bits per heavy atom. The number of hydrogen-bond acceptors (Lipinski definition) is 3. The third-order valence-corrected chi connectivity index (χ3v) is 6.20. The highest BCUT2D eigenvalue weighted by molar-refractivity contribution is 6.04. The summed E-state index contributed by atoms with van der Waals surface area (Å²) in [5, 5.41) is 0. The second-order valence-electron chi connectivity index (χ2n) is 7.53. The fourth-order valence-corrected chi connectivity index (χ4v) is 4.60. The van der Waals surface area contributed by atoms with Crippen molar-refractivity contribution < 1.29 is 9.59 Å². The Bertz CT molecular complexity index is 696. The van der Waals surface area contributed by atoms with Gasteiger partial charge in [0.15, 0.2) is 0 Å². The van der Waals surface area contributed by atoms with E-state index < -0.39 is 11.9 Å². The number of nitrogens with zero attached hydrogens (tertiary/aromatic N) is 3. The summed E-state index contributed by atoms with van der Waals surface area (Å²) in [6, 6.07) is 7.14. The molecule has 0 spiro atoms. The van der Waals surface area contributed by atoms with Crippen LogP contribution in [0.25, 0.3) is 0 Å². The smallest absolute Gasteiger partial charge is 0.325 e. The molecule has 1 saturated carbocycles. The van der Waals surface area contributed by atoms with Gasteiger partial charge in [-0.05, 0) is 63.9 Å². The third kappa shape index (κ3) is 2.27. The normalized spacial score (nSPS) is 27.6. The van der Waals surface area contributed by atoms with Gasteiger partial charge in [0.1, 0.15) is 6.04 Å². The molecule has 1 aliphatic carbocycles. The first-order valence-corrected chi connectivity index (χ1v) is 8.96. The number of anilines is 1. The molecule has 0 aromatic heterocycles. The van der Waals surface area contributed by atoms with E-state index in [1.807, 2.05) is 18.6 Å². The molecule has 1 unspecified atom stereocenters. The van der Waals surface area contributed by atoms with Crippen molar-refractivity contribution in [3.05, 3.63) is 36.2 Å². The van der Waals surface area contributed by atoms with E-state index in [-0.39, 0.29) is 17.6 Å². The maximum Gasteiger partial charge on any atom is 0.325 e. The van der Waals surface area contributed by atoms with Crippen molar-refractivity contribution in [2.24, 2.45) is 5.73 Å². The van der Waals surface area contributed by atoms with Crippen molar-refractivity contribution in [3.63, 3.8) is 0 Å². The van der Waals surface area contributed by atoms with E-state index in [1.165, 1.54) is 12.0 Å². The Kier molecular flexibility index (Phi) is 3.76. The summed E-state index contributed by atoms with van der Waals surface area (Å²) in [6.07, 6.45) is 6.38. The molecule has 2 saturated heterocycles. The first-order chi connectivity index (χ1) is 12.0.